The SMILES string of the molecule is CSc1nccc(C(C#N)c2nc3ccccc3s2)n1.Cc1cc(C(C#N)c2nc3ccccc3s2)nc(Cl)n1.N#CC(c1nc2ccccc2s1)c1ncnc(Cl)c1[N+](=O)[O-]. The summed E-state index contributed by atoms with van der Waals surface area (Å²) in [6.07, 6.45) is 4.70. The van der Waals surface area contributed by atoms with Crippen LogP contribution in [-0.4, -0.2) is 56.0 Å². The summed E-state index contributed by atoms with van der Waals surface area (Å²) in [6.45, 7) is 1.82. The van der Waals surface area contributed by atoms with Gasteiger partial charge in [0.05, 0.1) is 65.2 Å². The Bertz CT molecular complexity index is 3090. The van der Waals surface area contributed by atoms with E-state index in [1.165, 1.54) is 45.8 Å². The molecule has 0 fully saturated rings. The highest BCUT2D eigenvalue weighted by Crippen LogP contribution is 2.37. The van der Waals surface area contributed by atoms with Gasteiger partial charge in [0.25, 0.3) is 0 Å². The fourth-order valence-corrected chi connectivity index (χ4v) is 9.71. The van der Waals surface area contributed by atoms with Crippen molar-refractivity contribution in [1.82, 2.24) is 44.9 Å². The number of benzene rings is 3. The lowest BCUT2D eigenvalue weighted by Gasteiger charge is -2.06. The van der Waals surface area contributed by atoms with Crippen LogP contribution in [0.4, 0.5) is 5.69 Å². The molecule has 0 aliphatic rings. The predicted octanol–water partition coefficient (Wildman–Crippen LogP) is 10.5. The van der Waals surface area contributed by atoms with Gasteiger partial charge in [-0.1, -0.05) is 59.8 Å². The lowest BCUT2D eigenvalue weighted by atomic mass is 10.1. The zero-order chi connectivity index (χ0) is 43.8. The molecular weight excluding hydrogens is 906 g/mol. The van der Waals surface area contributed by atoms with E-state index in [2.05, 4.69) is 57.0 Å². The molecule has 0 spiro atoms. The minimum atomic E-state index is -0.974. The van der Waals surface area contributed by atoms with E-state index in [4.69, 9.17) is 23.2 Å². The van der Waals surface area contributed by atoms with E-state index in [0.717, 1.165) is 52.7 Å². The number of hydrogen-bond donors (Lipinski definition) is 0. The van der Waals surface area contributed by atoms with Gasteiger partial charge < -0.3 is 0 Å². The second-order valence-corrected chi connectivity index (χ2v) is 17.2. The van der Waals surface area contributed by atoms with Crippen molar-refractivity contribution >= 4 is 105 Å². The van der Waals surface area contributed by atoms with Crippen molar-refractivity contribution in [2.45, 2.75) is 29.8 Å². The van der Waals surface area contributed by atoms with Crippen LogP contribution in [-0.2, 0) is 0 Å². The molecule has 0 aliphatic heterocycles. The van der Waals surface area contributed by atoms with Gasteiger partial charge in [0.1, 0.15) is 44.8 Å². The molecule has 0 saturated heterocycles. The maximum Gasteiger partial charge on any atom is 0.329 e. The van der Waals surface area contributed by atoms with E-state index in [-0.39, 0.29) is 16.1 Å². The van der Waals surface area contributed by atoms with Gasteiger partial charge in [-0.05, 0) is 73.3 Å². The number of nitriles is 3. The molecule has 304 valence electrons. The summed E-state index contributed by atoms with van der Waals surface area (Å²) < 4.78 is 3.03. The number of aromatic nitrogens is 9. The molecule has 15 nitrogen and oxygen atoms in total. The Morgan fingerprint density at radius 1 is 0.661 bits per heavy atom. The zero-order valence-electron chi connectivity index (χ0n) is 32.0. The largest absolute Gasteiger partial charge is 0.329 e. The third-order valence-corrected chi connectivity index (χ3v) is 12.9. The van der Waals surface area contributed by atoms with Crippen molar-refractivity contribution in [3.05, 3.63) is 156 Å². The lowest BCUT2D eigenvalue weighted by molar-refractivity contribution is -0.386. The summed E-state index contributed by atoms with van der Waals surface area (Å²) in [6, 6.07) is 33.2. The van der Waals surface area contributed by atoms with Crippen LogP contribution in [0.2, 0.25) is 10.4 Å². The van der Waals surface area contributed by atoms with Gasteiger partial charge in [-0.25, -0.2) is 44.9 Å². The minimum Gasteiger partial charge on any atom is -0.258 e. The maximum atomic E-state index is 11.2. The minimum absolute atomic E-state index is 0.0495. The van der Waals surface area contributed by atoms with Gasteiger partial charge in [-0.15, -0.1) is 34.0 Å². The monoisotopic (exact) mass is 929 g/mol. The highest BCUT2D eigenvalue weighted by atomic mass is 35.5. The first-order valence-corrected chi connectivity index (χ1v) is 22.3. The van der Waals surface area contributed by atoms with Gasteiger partial charge >= 0.3 is 5.69 Å². The molecule has 6 aromatic heterocycles. The van der Waals surface area contributed by atoms with Gasteiger partial charge in [-0.2, -0.15) is 15.8 Å². The summed E-state index contributed by atoms with van der Waals surface area (Å²) in [4.78, 5) is 48.1. The average molecular weight is 931 g/mol. The fraction of sp³-hybridized carbons (Fsp3) is 0.122. The fourth-order valence-electron chi connectivity index (χ4n) is 5.84. The highest BCUT2D eigenvalue weighted by Gasteiger charge is 2.31. The molecule has 21 heteroatoms. The Hall–Kier alpha value is -6.63. The van der Waals surface area contributed by atoms with E-state index in [9.17, 15) is 25.9 Å². The number of thioether (sulfide) groups is 1. The van der Waals surface area contributed by atoms with Gasteiger partial charge in [-0.3, -0.25) is 10.1 Å². The molecule has 6 heterocycles. The van der Waals surface area contributed by atoms with Crippen LogP contribution in [0.5, 0.6) is 0 Å². The highest BCUT2D eigenvalue weighted by molar-refractivity contribution is 7.98. The maximum absolute atomic E-state index is 11.2. The Balaban J connectivity index is 0.000000140. The molecule has 3 aromatic carbocycles. The number of para-hydroxylation sites is 3. The molecule has 0 radical (unpaired) electrons. The zero-order valence-corrected chi connectivity index (χ0v) is 36.8. The van der Waals surface area contributed by atoms with Gasteiger partial charge in [0.15, 0.2) is 5.16 Å². The Morgan fingerprint density at radius 2 is 1.16 bits per heavy atom. The van der Waals surface area contributed by atoms with E-state index in [0.29, 0.717) is 21.6 Å². The molecule has 9 rings (SSSR count). The number of aryl methyl sites for hydroxylation is 1. The van der Waals surface area contributed by atoms with E-state index >= 15 is 0 Å². The van der Waals surface area contributed by atoms with E-state index < -0.39 is 28.4 Å². The number of hydrogen-bond acceptors (Lipinski definition) is 18. The number of nitro groups is 1. The third-order valence-electron chi connectivity index (χ3n) is 8.60. The standard InChI is InChI=1S/C14H9ClN4S.C14H10N4S2.C13H6ClN5O2S/c1-8-6-11(19-14(15)17-8)9(7-16)13-18-10-4-2-3-5-12(10)20-13;1-19-14-16-7-6-10(18-14)9(8-15)13-17-11-4-2-3-5-12(11)20-13;14-12-11(19(20)21)10(16-6-17-12)7(5-15)13-18-8-3-1-2-4-9(8)22-13/h2-6,9H,1H3;2-7,9H,1H3;1-4,6-7H. The van der Waals surface area contributed by atoms with E-state index in [1.807, 2.05) is 92.0 Å². The molecule has 3 atom stereocenters. The Kier molecular flexibility index (Phi) is 13.9. The quantitative estimate of drug-likeness (QED) is 0.0453. The molecule has 3 unspecified atom stereocenters. The first-order chi connectivity index (χ1) is 30.1. The van der Waals surface area contributed by atoms with Crippen LogP contribution in [0.3, 0.4) is 0 Å². The van der Waals surface area contributed by atoms with Crippen LogP contribution in [0.25, 0.3) is 30.6 Å². The van der Waals surface area contributed by atoms with Crippen molar-refractivity contribution in [1.29, 1.82) is 15.8 Å². The summed E-state index contributed by atoms with van der Waals surface area (Å²) in [7, 11) is 0. The number of thiazole rings is 3. The molecular formula is C41H25Cl2N13O2S4. The molecule has 0 N–H and O–H groups in total. The molecule has 0 bridgehead atoms. The topological polar surface area (TPSA) is 231 Å². The van der Waals surface area contributed by atoms with Crippen molar-refractivity contribution < 1.29 is 4.92 Å². The number of fused-ring (bicyclic) bond motifs is 3. The molecule has 9 aromatic rings. The van der Waals surface area contributed by atoms with E-state index in [1.54, 1.807) is 18.3 Å². The summed E-state index contributed by atoms with van der Waals surface area (Å²) in [5.74, 6) is -1.94. The molecule has 62 heavy (non-hydrogen) atoms. The normalized spacial score (nSPS) is 12.1. The van der Waals surface area contributed by atoms with Crippen molar-refractivity contribution in [2.75, 3.05) is 6.26 Å². The van der Waals surface area contributed by atoms with Crippen molar-refractivity contribution in [2.24, 2.45) is 0 Å². The second kappa shape index (κ2) is 19.8. The lowest BCUT2D eigenvalue weighted by Crippen LogP contribution is -2.07. The van der Waals surface area contributed by atoms with Crippen LogP contribution < -0.4 is 0 Å². The molecule has 0 aliphatic carbocycles. The summed E-state index contributed by atoms with van der Waals surface area (Å²) >= 11 is 17.4. The molecule has 0 saturated carbocycles. The summed E-state index contributed by atoms with van der Waals surface area (Å²) in [5, 5.41) is 42.0. The van der Waals surface area contributed by atoms with Crippen LogP contribution >= 0.6 is 69.0 Å². The van der Waals surface area contributed by atoms with Crippen LogP contribution in [0, 0.1) is 51.0 Å². The average Bonchev–Trinajstić information content (AvgIpc) is 4.02. The second-order valence-electron chi connectivity index (χ2n) is 12.6. The summed E-state index contributed by atoms with van der Waals surface area (Å²) in [5.41, 5.74) is 4.06. The first kappa shape index (κ1) is 43.5. The van der Waals surface area contributed by atoms with Crippen molar-refractivity contribution in [3.8, 4) is 18.2 Å². The Labute approximate surface area is 378 Å². The molecule has 0 amide bonds. The predicted molar refractivity (Wildman–Crippen MR) is 241 cm³/mol. The van der Waals surface area contributed by atoms with Crippen LogP contribution in [0.1, 0.15) is 55.6 Å². The number of nitrogens with zero attached hydrogens (tertiary/aromatic N) is 13. The van der Waals surface area contributed by atoms with Crippen molar-refractivity contribution in [3.63, 3.8) is 0 Å². The smallest absolute Gasteiger partial charge is 0.258 e. The number of rotatable bonds is 8. The first-order valence-electron chi connectivity index (χ1n) is 17.9. The Morgan fingerprint density at radius 3 is 1.63 bits per heavy atom. The van der Waals surface area contributed by atoms with Crippen LogP contribution in [0.15, 0.2) is 103 Å². The van der Waals surface area contributed by atoms with Gasteiger partial charge in [0, 0.05) is 11.9 Å². The number of halogens is 2. The van der Waals surface area contributed by atoms with Gasteiger partial charge in [0.2, 0.25) is 10.4 Å². The third kappa shape index (κ3) is 9.77.